The summed E-state index contributed by atoms with van der Waals surface area (Å²) in [4.78, 5) is 42.6. The molecule has 11 heteroatoms. The maximum atomic E-state index is 13.3. The van der Waals surface area contributed by atoms with Crippen molar-refractivity contribution in [3.63, 3.8) is 0 Å². The quantitative estimate of drug-likeness (QED) is 0.476. The molecule has 2 amide bonds. The first-order valence-corrected chi connectivity index (χ1v) is 16.2. The second-order valence-corrected chi connectivity index (χ2v) is 13.4. The van der Waals surface area contributed by atoms with Crippen molar-refractivity contribution < 1.29 is 19.1 Å². The van der Waals surface area contributed by atoms with Crippen LogP contribution in [-0.2, 0) is 9.53 Å². The Morgan fingerprint density at radius 2 is 1.77 bits per heavy atom. The lowest BCUT2D eigenvalue weighted by Crippen LogP contribution is -2.47. The van der Waals surface area contributed by atoms with Gasteiger partial charge in [0.1, 0.15) is 11.4 Å². The zero-order valence-electron chi connectivity index (χ0n) is 26.6. The molecule has 238 valence electrons. The average Bonchev–Trinajstić information content (AvgIpc) is 3.57. The van der Waals surface area contributed by atoms with Crippen LogP contribution in [0.25, 0.3) is 0 Å². The van der Waals surface area contributed by atoms with Crippen molar-refractivity contribution in [3.8, 4) is 5.75 Å². The number of benzene rings is 1. The number of nitrogens with one attached hydrogen (secondary N) is 2. The van der Waals surface area contributed by atoms with Gasteiger partial charge in [0, 0.05) is 50.4 Å². The number of carbonyl (C=O) groups excluding carboxylic acids is 2. The fourth-order valence-corrected chi connectivity index (χ4v) is 7.38. The van der Waals surface area contributed by atoms with E-state index in [1.54, 1.807) is 31.3 Å². The summed E-state index contributed by atoms with van der Waals surface area (Å²) in [6.07, 6.45) is 10.4. The first-order chi connectivity index (χ1) is 21.2. The summed E-state index contributed by atoms with van der Waals surface area (Å²) in [6, 6.07) is 6.52. The maximum Gasteiger partial charge on any atom is 0.251 e. The van der Waals surface area contributed by atoms with E-state index in [1.165, 1.54) is 12.8 Å². The van der Waals surface area contributed by atoms with Crippen LogP contribution in [0.5, 0.6) is 5.75 Å². The van der Waals surface area contributed by atoms with E-state index in [-0.39, 0.29) is 17.9 Å². The number of carbonyl (C=O) groups is 2. The van der Waals surface area contributed by atoms with Crippen LogP contribution in [0.4, 0.5) is 23.1 Å². The molecule has 0 radical (unpaired) electrons. The number of hydrogen-bond donors (Lipinski definition) is 2. The van der Waals surface area contributed by atoms with E-state index in [2.05, 4.69) is 25.4 Å². The third kappa shape index (κ3) is 6.35. The van der Waals surface area contributed by atoms with Crippen LogP contribution in [0, 0.1) is 5.41 Å². The molecule has 11 nitrogen and oxygen atoms in total. The van der Waals surface area contributed by atoms with Crippen LogP contribution >= 0.6 is 0 Å². The highest BCUT2D eigenvalue weighted by Crippen LogP contribution is 2.40. The molecule has 0 atom stereocenters. The number of anilines is 4. The average molecular weight is 606 g/mol. The maximum absolute atomic E-state index is 13.3. The SMILES string of the molecule is COc1cc(C(=O)N[C@H]2CC[C@H](N3CCOCC3)CC2)ccc1Nc1ncc2c(n1)N(C1CCCC1)CC(C)(C)C(=O)N2C. The van der Waals surface area contributed by atoms with Crippen molar-refractivity contribution in [2.24, 2.45) is 5.41 Å². The van der Waals surface area contributed by atoms with Crippen molar-refractivity contribution in [1.29, 1.82) is 0 Å². The van der Waals surface area contributed by atoms with E-state index < -0.39 is 5.41 Å². The molecule has 1 saturated heterocycles. The molecule has 1 aromatic carbocycles. The lowest BCUT2D eigenvalue weighted by Gasteiger charge is -2.38. The summed E-state index contributed by atoms with van der Waals surface area (Å²) in [5.41, 5.74) is 1.39. The monoisotopic (exact) mass is 605 g/mol. The number of morpholine rings is 1. The molecule has 2 saturated carbocycles. The molecule has 6 rings (SSSR count). The third-order valence-electron chi connectivity index (χ3n) is 9.90. The highest BCUT2D eigenvalue weighted by atomic mass is 16.5. The number of aromatic nitrogens is 2. The highest BCUT2D eigenvalue weighted by Gasteiger charge is 2.41. The van der Waals surface area contributed by atoms with Gasteiger partial charge in [0.05, 0.1) is 37.6 Å². The van der Waals surface area contributed by atoms with Gasteiger partial charge in [0.15, 0.2) is 5.82 Å². The molecule has 4 aliphatic rings. The van der Waals surface area contributed by atoms with Crippen LogP contribution in [0.3, 0.4) is 0 Å². The van der Waals surface area contributed by atoms with Gasteiger partial charge in [-0.3, -0.25) is 14.5 Å². The zero-order chi connectivity index (χ0) is 30.8. The number of hydrogen-bond acceptors (Lipinski definition) is 9. The molecular weight excluding hydrogens is 558 g/mol. The molecule has 3 fully saturated rings. The number of amides is 2. The summed E-state index contributed by atoms with van der Waals surface area (Å²) >= 11 is 0. The Hall–Kier alpha value is -3.44. The Kier molecular flexibility index (Phi) is 8.96. The molecule has 2 N–H and O–H groups in total. The largest absolute Gasteiger partial charge is 0.495 e. The van der Waals surface area contributed by atoms with Gasteiger partial charge < -0.3 is 29.9 Å². The molecule has 0 bridgehead atoms. The number of nitrogens with zero attached hydrogens (tertiary/aromatic N) is 5. The number of ether oxygens (including phenoxy) is 2. The minimum Gasteiger partial charge on any atom is -0.495 e. The van der Waals surface area contributed by atoms with Gasteiger partial charge in [-0.05, 0) is 70.6 Å². The van der Waals surface area contributed by atoms with Crippen molar-refractivity contribution in [2.75, 3.05) is 62.1 Å². The Bertz CT molecular complexity index is 1350. The Morgan fingerprint density at radius 1 is 1.05 bits per heavy atom. The molecule has 1 aromatic heterocycles. The lowest BCUT2D eigenvalue weighted by molar-refractivity contribution is -0.125. The number of fused-ring (bicyclic) bond motifs is 1. The Balaban J connectivity index is 1.15. The second-order valence-electron chi connectivity index (χ2n) is 13.4. The molecule has 0 spiro atoms. The normalized spacial score (nSPS) is 24.5. The van der Waals surface area contributed by atoms with Gasteiger partial charge in [0.2, 0.25) is 11.9 Å². The van der Waals surface area contributed by atoms with E-state index in [1.807, 2.05) is 26.0 Å². The van der Waals surface area contributed by atoms with Crippen LogP contribution in [0.2, 0.25) is 0 Å². The van der Waals surface area contributed by atoms with E-state index in [0.717, 1.165) is 76.3 Å². The fourth-order valence-electron chi connectivity index (χ4n) is 7.38. The molecule has 2 aliphatic heterocycles. The summed E-state index contributed by atoms with van der Waals surface area (Å²) < 4.78 is 11.2. The second kappa shape index (κ2) is 12.9. The van der Waals surface area contributed by atoms with E-state index >= 15 is 0 Å². The van der Waals surface area contributed by atoms with E-state index in [0.29, 0.717) is 41.6 Å². The number of rotatable bonds is 7. The first kappa shape index (κ1) is 30.6. The molecule has 0 unspecified atom stereocenters. The van der Waals surface area contributed by atoms with Gasteiger partial charge in [-0.25, -0.2) is 4.98 Å². The van der Waals surface area contributed by atoms with Gasteiger partial charge in [-0.15, -0.1) is 0 Å². The van der Waals surface area contributed by atoms with Crippen LogP contribution in [0.15, 0.2) is 24.4 Å². The Labute approximate surface area is 260 Å². The predicted molar refractivity (Wildman–Crippen MR) is 171 cm³/mol. The molecule has 3 heterocycles. The zero-order valence-corrected chi connectivity index (χ0v) is 26.6. The summed E-state index contributed by atoms with van der Waals surface area (Å²) in [5.74, 6) is 1.69. The summed E-state index contributed by atoms with van der Waals surface area (Å²) in [7, 11) is 3.40. The third-order valence-corrected chi connectivity index (χ3v) is 9.90. The minimum absolute atomic E-state index is 0.0595. The molecule has 44 heavy (non-hydrogen) atoms. The number of methoxy groups -OCH3 is 1. The summed E-state index contributed by atoms with van der Waals surface area (Å²) in [6.45, 7) is 8.26. The highest BCUT2D eigenvalue weighted by molar-refractivity contribution is 6.01. The lowest BCUT2D eigenvalue weighted by atomic mass is 9.89. The van der Waals surface area contributed by atoms with E-state index in [4.69, 9.17) is 14.5 Å². The van der Waals surface area contributed by atoms with Gasteiger partial charge in [-0.2, -0.15) is 4.98 Å². The smallest absolute Gasteiger partial charge is 0.251 e. The minimum atomic E-state index is -0.548. The van der Waals surface area contributed by atoms with Crippen molar-refractivity contribution in [2.45, 2.75) is 83.3 Å². The van der Waals surface area contributed by atoms with Crippen molar-refractivity contribution >= 4 is 35.0 Å². The fraction of sp³-hybridized carbons (Fsp3) is 0.636. The molecule has 2 aromatic rings. The van der Waals surface area contributed by atoms with Gasteiger partial charge in [-0.1, -0.05) is 12.8 Å². The molecular formula is C33H47N7O4. The van der Waals surface area contributed by atoms with Crippen molar-refractivity contribution in [1.82, 2.24) is 20.2 Å². The Morgan fingerprint density at radius 3 is 2.48 bits per heavy atom. The standard InChI is InChI=1S/C33H47N7O4/c1-33(2)21-40(25-7-5-6-8-25)29-27(38(3)31(33)42)20-34-32(37-29)36-26-14-9-22(19-28(26)43-4)30(41)35-23-10-12-24(13-11-23)39-15-17-44-18-16-39/h9,14,19-20,23-25H,5-8,10-13,15-18,21H2,1-4H3,(H,35,41)(H,34,36,37)/t23-,24-. The predicted octanol–water partition coefficient (Wildman–Crippen LogP) is 4.35. The topological polar surface area (TPSA) is 112 Å². The van der Waals surface area contributed by atoms with E-state index in [9.17, 15) is 9.59 Å². The first-order valence-electron chi connectivity index (χ1n) is 16.2. The van der Waals surface area contributed by atoms with Gasteiger partial charge >= 0.3 is 0 Å². The van der Waals surface area contributed by atoms with Crippen LogP contribution in [-0.4, -0.2) is 91.8 Å². The summed E-state index contributed by atoms with van der Waals surface area (Å²) in [5, 5.41) is 6.56. The van der Waals surface area contributed by atoms with Crippen LogP contribution < -0.4 is 25.2 Å². The van der Waals surface area contributed by atoms with Crippen LogP contribution in [0.1, 0.15) is 75.6 Å². The molecule has 2 aliphatic carbocycles. The van der Waals surface area contributed by atoms with Crippen molar-refractivity contribution in [3.05, 3.63) is 30.0 Å². The van der Waals surface area contributed by atoms with Gasteiger partial charge in [0.25, 0.3) is 5.91 Å².